The lowest BCUT2D eigenvalue weighted by molar-refractivity contribution is -0.157. The van der Waals surface area contributed by atoms with Crippen molar-refractivity contribution in [1.29, 1.82) is 0 Å². The zero-order valence-corrected chi connectivity index (χ0v) is 17.4. The van der Waals surface area contributed by atoms with E-state index in [1.54, 1.807) is 19.1 Å². The molecule has 1 saturated heterocycles. The normalized spacial score (nSPS) is 24.7. The van der Waals surface area contributed by atoms with Gasteiger partial charge in [0.1, 0.15) is 11.7 Å². The molecule has 2 aromatic rings. The molecule has 0 aliphatic carbocycles. The van der Waals surface area contributed by atoms with Crippen LogP contribution in [0.4, 0.5) is 5.69 Å². The van der Waals surface area contributed by atoms with Crippen LogP contribution in [0.25, 0.3) is 0 Å². The maximum Gasteiger partial charge on any atom is 0.317 e. The standard InChI is InChI=1S/C21H22N2O5S/c1-21-16(19(24)27-4)17(12-8-7-11-15(26-3)18(12)28-21)22-20(29)23(21)13-9-5-6-10-14(13)25-2/h5-11,16-17H,1-4H3,(H,22,29). The van der Waals surface area contributed by atoms with Crippen LogP contribution in [-0.2, 0) is 9.53 Å². The largest absolute Gasteiger partial charge is 0.495 e. The van der Waals surface area contributed by atoms with Crippen LogP contribution in [-0.4, -0.2) is 38.1 Å². The van der Waals surface area contributed by atoms with Crippen LogP contribution >= 0.6 is 12.2 Å². The summed E-state index contributed by atoms with van der Waals surface area (Å²) in [6.07, 6.45) is 0. The fourth-order valence-corrected chi connectivity index (χ4v) is 4.60. The van der Waals surface area contributed by atoms with Gasteiger partial charge in [-0.1, -0.05) is 24.3 Å². The van der Waals surface area contributed by atoms with Crippen LogP contribution in [0.5, 0.6) is 17.2 Å². The molecule has 29 heavy (non-hydrogen) atoms. The number of para-hydroxylation sites is 3. The van der Waals surface area contributed by atoms with Crippen LogP contribution in [0.15, 0.2) is 42.5 Å². The zero-order valence-electron chi connectivity index (χ0n) is 16.6. The average Bonchev–Trinajstić information content (AvgIpc) is 2.72. The molecule has 8 heteroatoms. The van der Waals surface area contributed by atoms with Gasteiger partial charge < -0.3 is 24.3 Å². The van der Waals surface area contributed by atoms with Gasteiger partial charge in [0.2, 0.25) is 5.72 Å². The minimum atomic E-state index is -1.17. The van der Waals surface area contributed by atoms with Crippen LogP contribution in [0.3, 0.4) is 0 Å². The summed E-state index contributed by atoms with van der Waals surface area (Å²) < 4.78 is 22.7. The molecule has 1 N–H and O–H groups in total. The minimum absolute atomic E-state index is 0.402. The number of fused-ring (bicyclic) bond motifs is 4. The molecular weight excluding hydrogens is 392 g/mol. The third-order valence-corrected chi connectivity index (χ3v) is 5.79. The van der Waals surface area contributed by atoms with E-state index in [1.165, 1.54) is 7.11 Å². The highest BCUT2D eigenvalue weighted by Gasteiger charge is 2.60. The lowest BCUT2D eigenvalue weighted by Crippen LogP contribution is -2.71. The molecular formula is C21H22N2O5S. The van der Waals surface area contributed by atoms with E-state index in [0.717, 1.165) is 5.56 Å². The molecule has 7 nitrogen and oxygen atoms in total. The number of carbonyl (C=O) groups is 1. The summed E-state index contributed by atoms with van der Waals surface area (Å²) in [5.74, 6) is 0.660. The lowest BCUT2D eigenvalue weighted by Gasteiger charge is -2.55. The SMILES string of the molecule is COC(=O)C1C2NC(=S)N(c3ccccc3OC)C1(C)Oc1c(OC)cccc12. The van der Waals surface area contributed by atoms with Crippen LogP contribution < -0.4 is 24.4 Å². The molecule has 0 aromatic heterocycles. The molecule has 0 spiro atoms. The average molecular weight is 414 g/mol. The van der Waals surface area contributed by atoms with Gasteiger partial charge in [0, 0.05) is 5.56 Å². The Hall–Kier alpha value is -3.00. The second-order valence-corrected chi connectivity index (χ2v) is 7.36. The molecule has 1 fully saturated rings. The number of carbonyl (C=O) groups excluding carboxylic acids is 1. The quantitative estimate of drug-likeness (QED) is 0.605. The van der Waals surface area contributed by atoms with Gasteiger partial charge in [0.25, 0.3) is 0 Å². The van der Waals surface area contributed by atoms with Gasteiger partial charge >= 0.3 is 5.97 Å². The maximum atomic E-state index is 12.9. The van der Waals surface area contributed by atoms with E-state index in [1.807, 2.05) is 49.4 Å². The van der Waals surface area contributed by atoms with E-state index >= 15 is 0 Å². The molecule has 0 amide bonds. The van der Waals surface area contributed by atoms with E-state index in [9.17, 15) is 4.79 Å². The van der Waals surface area contributed by atoms with Crippen molar-refractivity contribution in [2.75, 3.05) is 26.2 Å². The van der Waals surface area contributed by atoms with E-state index in [4.69, 9.17) is 31.2 Å². The molecule has 3 atom stereocenters. The molecule has 0 radical (unpaired) electrons. The second-order valence-electron chi connectivity index (χ2n) is 6.97. The van der Waals surface area contributed by atoms with Crippen molar-refractivity contribution in [2.24, 2.45) is 5.92 Å². The number of nitrogens with one attached hydrogen (secondary N) is 1. The number of esters is 1. The Labute approximate surface area is 174 Å². The van der Waals surface area contributed by atoms with Crippen molar-refractivity contribution in [1.82, 2.24) is 5.32 Å². The van der Waals surface area contributed by atoms with Crippen molar-refractivity contribution >= 4 is 29.0 Å². The molecule has 152 valence electrons. The zero-order chi connectivity index (χ0) is 20.8. The van der Waals surface area contributed by atoms with E-state index in [0.29, 0.717) is 28.0 Å². The van der Waals surface area contributed by atoms with Crippen molar-refractivity contribution in [3.8, 4) is 17.2 Å². The number of methoxy groups -OCH3 is 3. The highest BCUT2D eigenvalue weighted by atomic mass is 32.1. The van der Waals surface area contributed by atoms with Crippen molar-refractivity contribution < 1.29 is 23.7 Å². The molecule has 2 aromatic carbocycles. The Morgan fingerprint density at radius 2 is 1.79 bits per heavy atom. The Kier molecular flexibility index (Phi) is 4.74. The van der Waals surface area contributed by atoms with Gasteiger partial charge in [0.15, 0.2) is 16.6 Å². The highest BCUT2D eigenvalue weighted by molar-refractivity contribution is 7.80. The number of nitrogens with zero attached hydrogens (tertiary/aromatic N) is 1. The van der Waals surface area contributed by atoms with Crippen molar-refractivity contribution in [3.05, 3.63) is 48.0 Å². The van der Waals surface area contributed by atoms with Crippen LogP contribution in [0.1, 0.15) is 18.5 Å². The summed E-state index contributed by atoms with van der Waals surface area (Å²) in [5, 5.41) is 3.74. The van der Waals surface area contributed by atoms with Gasteiger partial charge in [-0.15, -0.1) is 0 Å². The number of hydrogen-bond donors (Lipinski definition) is 1. The summed E-state index contributed by atoms with van der Waals surface area (Å²) in [5.41, 5.74) is 0.302. The van der Waals surface area contributed by atoms with Crippen LogP contribution in [0, 0.1) is 5.92 Å². The molecule has 2 aliphatic rings. The molecule has 2 aliphatic heterocycles. The highest BCUT2D eigenvalue weighted by Crippen LogP contribution is 2.53. The van der Waals surface area contributed by atoms with Gasteiger partial charge in [-0.25, -0.2) is 0 Å². The Bertz CT molecular complexity index is 981. The summed E-state index contributed by atoms with van der Waals surface area (Å²) >= 11 is 5.70. The Morgan fingerprint density at radius 1 is 1.10 bits per heavy atom. The van der Waals surface area contributed by atoms with Gasteiger partial charge in [-0.05, 0) is 37.3 Å². The van der Waals surface area contributed by atoms with E-state index in [2.05, 4.69) is 5.32 Å². The number of ether oxygens (including phenoxy) is 4. The predicted octanol–water partition coefficient (Wildman–Crippen LogP) is 3.04. The first-order chi connectivity index (χ1) is 14.0. The third-order valence-electron chi connectivity index (χ3n) is 5.49. The third kappa shape index (κ3) is 2.78. The van der Waals surface area contributed by atoms with E-state index in [-0.39, 0.29) is 0 Å². The fourth-order valence-electron chi connectivity index (χ4n) is 4.20. The van der Waals surface area contributed by atoms with Gasteiger partial charge in [-0.2, -0.15) is 0 Å². The molecule has 4 rings (SSSR count). The van der Waals surface area contributed by atoms with E-state index < -0.39 is 23.7 Å². The molecule has 0 saturated carbocycles. The minimum Gasteiger partial charge on any atom is -0.495 e. The molecule has 3 unspecified atom stereocenters. The second kappa shape index (κ2) is 7.11. The Balaban J connectivity index is 1.96. The number of thiocarbonyl (C=S) groups is 1. The van der Waals surface area contributed by atoms with Gasteiger partial charge in [0.05, 0.1) is 33.1 Å². The van der Waals surface area contributed by atoms with Crippen molar-refractivity contribution in [2.45, 2.75) is 18.7 Å². The topological polar surface area (TPSA) is 69.3 Å². The first-order valence-corrected chi connectivity index (χ1v) is 9.54. The Morgan fingerprint density at radius 3 is 2.48 bits per heavy atom. The summed E-state index contributed by atoms with van der Waals surface area (Å²) in [6, 6.07) is 12.6. The lowest BCUT2D eigenvalue weighted by atomic mass is 9.79. The fraction of sp³-hybridized carbons (Fsp3) is 0.333. The monoisotopic (exact) mass is 414 g/mol. The summed E-state index contributed by atoms with van der Waals surface area (Å²) in [6.45, 7) is 1.83. The molecule has 2 heterocycles. The molecule has 2 bridgehead atoms. The summed E-state index contributed by atoms with van der Waals surface area (Å²) in [7, 11) is 4.54. The number of hydrogen-bond acceptors (Lipinski definition) is 6. The predicted molar refractivity (Wildman–Crippen MR) is 111 cm³/mol. The summed E-state index contributed by atoms with van der Waals surface area (Å²) in [4.78, 5) is 14.7. The smallest absolute Gasteiger partial charge is 0.317 e. The first kappa shape index (κ1) is 19.3. The number of anilines is 1. The van der Waals surface area contributed by atoms with Crippen molar-refractivity contribution in [3.63, 3.8) is 0 Å². The maximum absolute atomic E-state index is 12.9. The van der Waals surface area contributed by atoms with Crippen LogP contribution in [0.2, 0.25) is 0 Å². The number of rotatable bonds is 4. The first-order valence-electron chi connectivity index (χ1n) is 9.13. The van der Waals surface area contributed by atoms with Gasteiger partial charge in [-0.3, -0.25) is 9.69 Å². The number of benzene rings is 2.